The number of thiazole rings is 1. The van der Waals surface area contributed by atoms with E-state index in [9.17, 15) is 29.1 Å². The molecule has 3 aliphatic heterocycles. The summed E-state index contributed by atoms with van der Waals surface area (Å²) in [4.78, 5) is 78.5. The van der Waals surface area contributed by atoms with Crippen molar-refractivity contribution in [3.8, 4) is 16.9 Å². The number of carboxylic acids is 1. The van der Waals surface area contributed by atoms with Crippen LogP contribution in [0.15, 0.2) is 91.0 Å². The van der Waals surface area contributed by atoms with Crippen LogP contribution >= 0.6 is 11.3 Å². The van der Waals surface area contributed by atoms with E-state index in [2.05, 4.69) is 31.0 Å². The smallest absolute Gasteiger partial charge is 0.355 e. The van der Waals surface area contributed by atoms with Crippen molar-refractivity contribution in [2.75, 3.05) is 61.4 Å². The number of halogens is 1. The minimum atomic E-state index is -1.35. The standard InChI is InChI=1S/C52H51FN10O7S/c1-30-33(34-16-18-44(56-48(34)51(68)69)63-22-20-31-8-5-10-35(38(31)27-63)49(66)58-52-55-39-11-3-4-13-42(39)71-52)9-6-12-41(30)70-25-7-21-61-23-24-62(43(53)28-61)29-46(65)54-32-14-15-36-40(26-32)60(2)59-47(36)37-17-19-45(64)57-50(37)67/h3-6,8-16,18,26,37,43H,7,17,19-25,27-29H2,1-2H3,(H,54,65)(H,68,69)(H,55,58,66)(H,57,64,67). The number of hydrogen-bond donors (Lipinski definition) is 4. The molecular formula is C52H51FN10O7S. The Balaban J connectivity index is 0.718. The number of carbonyl (C=O) groups is 5. The van der Waals surface area contributed by atoms with Crippen molar-refractivity contribution >= 4 is 78.7 Å². The Labute approximate surface area is 411 Å². The predicted molar refractivity (Wildman–Crippen MR) is 268 cm³/mol. The number of aryl methyl sites for hydroxylation is 1. The fraction of sp³-hybridized carbons (Fsp3) is 0.308. The Morgan fingerprint density at radius 2 is 1.77 bits per heavy atom. The first-order valence-corrected chi connectivity index (χ1v) is 24.4. The van der Waals surface area contributed by atoms with Crippen molar-refractivity contribution in [3.05, 3.63) is 125 Å². The Kier molecular flexibility index (Phi) is 13.3. The minimum absolute atomic E-state index is 0.0962. The molecule has 10 rings (SSSR count). The molecule has 3 aromatic heterocycles. The number of aromatic nitrogens is 4. The summed E-state index contributed by atoms with van der Waals surface area (Å²) >= 11 is 1.41. The number of alkyl halides is 1. The molecule has 2 saturated heterocycles. The first kappa shape index (κ1) is 47.1. The van der Waals surface area contributed by atoms with Crippen LogP contribution in [-0.2, 0) is 34.4 Å². The van der Waals surface area contributed by atoms with Gasteiger partial charge < -0.3 is 20.1 Å². The molecule has 0 spiro atoms. The van der Waals surface area contributed by atoms with Gasteiger partial charge in [-0.3, -0.25) is 44.3 Å². The highest BCUT2D eigenvalue weighted by atomic mass is 32.1. The number of pyridine rings is 1. The summed E-state index contributed by atoms with van der Waals surface area (Å²) in [7, 11) is 1.75. The monoisotopic (exact) mass is 978 g/mol. The molecule has 0 aliphatic carbocycles. The SMILES string of the molecule is Cc1c(OCCCN2CCN(CC(=O)Nc3ccc4c(C5CCC(=O)NC5=O)nn(C)c4c3)C(F)C2)cccc1-c1ccc(N2CCc3cccc(C(=O)Nc4nc5ccccc5s4)c3C2)nc1C(=O)O. The van der Waals surface area contributed by atoms with Crippen LogP contribution in [0.2, 0.25) is 0 Å². The largest absolute Gasteiger partial charge is 0.493 e. The topological polar surface area (TPSA) is 204 Å². The first-order chi connectivity index (χ1) is 34.4. The molecule has 2 unspecified atom stereocenters. The van der Waals surface area contributed by atoms with Crippen LogP contribution in [0.3, 0.4) is 0 Å². The zero-order chi connectivity index (χ0) is 49.3. The van der Waals surface area contributed by atoms with Gasteiger partial charge in [0.1, 0.15) is 11.6 Å². The number of aromatic carboxylic acids is 1. The van der Waals surface area contributed by atoms with Crippen molar-refractivity contribution in [1.29, 1.82) is 0 Å². The van der Waals surface area contributed by atoms with Crippen LogP contribution in [0.4, 0.5) is 21.0 Å². The van der Waals surface area contributed by atoms with Gasteiger partial charge in [0.15, 0.2) is 17.1 Å². The molecule has 364 valence electrons. The number of imide groups is 1. The predicted octanol–water partition coefficient (Wildman–Crippen LogP) is 6.91. The van der Waals surface area contributed by atoms with Crippen molar-refractivity contribution in [2.24, 2.45) is 7.05 Å². The third kappa shape index (κ3) is 9.93. The van der Waals surface area contributed by atoms with Crippen LogP contribution < -0.4 is 25.6 Å². The van der Waals surface area contributed by atoms with E-state index in [0.29, 0.717) is 109 Å². The number of piperazine rings is 1. The van der Waals surface area contributed by atoms with Crippen LogP contribution in [-0.4, -0.2) is 116 Å². The minimum Gasteiger partial charge on any atom is -0.493 e. The van der Waals surface area contributed by atoms with Crippen LogP contribution in [0.1, 0.15) is 68.4 Å². The van der Waals surface area contributed by atoms with Gasteiger partial charge >= 0.3 is 5.97 Å². The Hall–Kier alpha value is -7.61. The van der Waals surface area contributed by atoms with Crippen molar-refractivity contribution < 1.29 is 38.2 Å². The van der Waals surface area contributed by atoms with Gasteiger partial charge in [-0.2, -0.15) is 5.10 Å². The van der Waals surface area contributed by atoms with Gasteiger partial charge in [-0.25, -0.2) is 19.2 Å². The molecule has 6 heterocycles. The van der Waals surface area contributed by atoms with E-state index in [4.69, 9.17) is 4.74 Å². The molecule has 17 nitrogen and oxygen atoms in total. The number of amides is 4. The number of ether oxygens (including phenoxy) is 1. The van der Waals surface area contributed by atoms with Gasteiger partial charge in [0.25, 0.3) is 5.91 Å². The molecule has 0 saturated carbocycles. The van der Waals surface area contributed by atoms with Gasteiger partial charge in [0.05, 0.1) is 40.5 Å². The third-order valence-corrected chi connectivity index (χ3v) is 14.4. The van der Waals surface area contributed by atoms with E-state index in [0.717, 1.165) is 32.3 Å². The molecule has 2 atom stereocenters. The van der Waals surface area contributed by atoms with E-state index in [1.54, 1.807) is 42.1 Å². The number of benzene rings is 4. The van der Waals surface area contributed by atoms with Gasteiger partial charge in [0.2, 0.25) is 17.7 Å². The second-order valence-electron chi connectivity index (χ2n) is 18.1. The van der Waals surface area contributed by atoms with Crippen LogP contribution in [0.25, 0.3) is 32.2 Å². The Morgan fingerprint density at radius 3 is 2.59 bits per heavy atom. The Morgan fingerprint density at radius 1 is 0.930 bits per heavy atom. The molecule has 7 aromatic rings. The summed E-state index contributed by atoms with van der Waals surface area (Å²) in [6, 6.07) is 27.8. The second-order valence-corrected chi connectivity index (χ2v) is 19.1. The number of rotatable bonds is 14. The summed E-state index contributed by atoms with van der Waals surface area (Å²) in [6.07, 6.45) is 0.530. The van der Waals surface area contributed by atoms with Crippen LogP contribution in [0, 0.1) is 6.92 Å². The number of anilines is 3. The lowest BCUT2D eigenvalue weighted by Crippen LogP contribution is -2.53. The number of para-hydroxylation sites is 1. The van der Waals surface area contributed by atoms with Gasteiger partial charge in [0, 0.05) is 74.9 Å². The molecule has 4 N–H and O–H groups in total. The average molecular weight is 979 g/mol. The number of piperidine rings is 1. The van der Waals surface area contributed by atoms with Gasteiger partial charge in [-0.05, 0) is 103 Å². The van der Waals surface area contributed by atoms with E-state index in [-0.39, 0.29) is 48.8 Å². The van der Waals surface area contributed by atoms with Gasteiger partial charge in [-0.1, -0.05) is 47.7 Å². The number of hydrogen-bond acceptors (Lipinski definition) is 13. The van der Waals surface area contributed by atoms with E-state index in [1.165, 1.54) is 16.2 Å². The van der Waals surface area contributed by atoms with E-state index < -0.39 is 18.2 Å². The molecular weight excluding hydrogens is 928 g/mol. The van der Waals surface area contributed by atoms with Gasteiger partial charge in [-0.15, -0.1) is 0 Å². The molecule has 4 aromatic carbocycles. The lowest BCUT2D eigenvalue weighted by molar-refractivity contribution is -0.134. The molecule has 0 radical (unpaired) electrons. The molecule has 2 fully saturated rings. The molecule has 0 bridgehead atoms. The maximum absolute atomic E-state index is 15.5. The number of fused-ring (bicyclic) bond motifs is 3. The fourth-order valence-electron chi connectivity index (χ4n) is 9.79. The number of nitrogens with one attached hydrogen (secondary N) is 3. The quantitative estimate of drug-likeness (QED) is 0.0498. The summed E-state index contributed by atoms with van der Waals surface area (Å²) in [5.74, 6) is -1.90. The lowest BCUT2D eigenvalue weighted by Gasteiger charge is -2.37. The second kappa shape index (κ2) is 20.0. The van der Waals surface area contributed by atoms with Crippen LogP contribution in [0.5, 0.6) is 5.75 Å². The highest BCUT2D eigenvalue weighted by Gasteiger charge is 2.33. The summed E-state index contributed by atoms with van der Waals surface area (Å²) in [5, 5.41) is 24.5. The third-order valence-electron chi connectivity index (χ3n) is 13.5. The zero-order valence-corrected chi connectivity index (χ0v) is 39.9. The van der Waals surface area contributed by atoms with Crippen molar-refractivity contribution in [2.45, 2.75) is 51.4 Å². The number of carboxylic acid groups (broad SMARTS) is 1. The van der Waals surface area contributed by atoms with E-state index >= 15 is 4.39 Å². The van der Waals surface area contributed by atoms with Crippen molar-refractivity contribution in [3.63, 3.8) is 0 Å². The summed E-state index contributed by atoms with van der Waals surface area (Å²) in [6.45, 7) is 4.71. The fourth-order valence-corrected chi connectivity index (χ4v) is 10.6. The summed E-state index contributed by atoms with van der Waals surface area (Å²) < 4.78 is 24.3. The molecule has 71 heavy (non-hydrogen) atoms. The Bertz CT molecular complexity index is 3220. The lowest BCUT2D eigenvalue weighted by atomic mass is 9.93. The average Bonchev–Trinajstić information content (AvgIpc) is 3.92. The van der Waals surface area contributed by atoms with E-state index in [1.807, 2.05) is 77.4 Å². The highest BCUT2D eigenvalue weighted by Crippen LogP contribution is 2.36. The molecule has 3 aliphatic rings. The molecule has 19 heteroatoms. The normalized spacial score (nSPS) is 17.5. The molecule has 4 amide bonds. The van der Waals surface area contributed by atoms with Crippen molar-refractivity contribution in [1.82, 2.24) is 34.9 Å². The highest BCUT2D eigenvalue weighted by molar-refractivity contribution is 7.22. The number of carbonyl (C=O) groups excluding carboxylic acids is 4. The zero-order valence-electron chi connectivity index (χ0n) is 39.1. The summed E-state index contributed by atoms with van der Waals surface area (Å²) in [5.41, 5.74) is 6.86. The maximum Gasteiger partial charge on any atom is 0.355 e. The first-order valence-electron chi connectivity index (χ1n) is 23.6. The maximum atomic E-state index is 15.5. The number of nitrogens with zero attached hydrogens (tertiary/aromatic N) is 7.